The number of allylic oxidation sites excluding steroid dienone is 6. The van der Waals surface area contributed by atoms with Crippen molar-refractivity contribution < 1.29 is 42.1 Å². The maximum Gasteiger partial charge on any atom is 0.472 e. The lowest BCUT2D eigenvalue weighted by atomic mass is 10.1. The van der Waals surface area contributed by atoms with Crippen molar-refractivity contribution in [2.75, 3.05) is 47.5 Å². The SMILES string of the molecule is CCCCCCCC/C=C/C/C=C/CCCCC(=O)OC[C@H](COP(=O)(O)OCC[N+](C)(C)C)OC(=O)CCCCC/C=C/CCCCCCCC. The highest BCUT2D eigenvalue weighted by Gasteiger charge is 2.27. The monoisotopic (exact) mass is 757 g/mol. The number of likely N-dealkylation sites (N-methyl/N-ethyl adjacent to an activating group) is 1. The summed E-state index contributed by atoms with van der Waals surface area (Å²) in [4.78, 5) is 35.2. The number of ether oxygens (including phenoxy) is 2. The zero-order valence-corrected chi connectivity index (χ0v) is 34.9. The molecule has 1 N–H and O–H groups in total. The molecule has 52 heavy (non-hydrogen) atoms. The van der Waals surface area contributed by atoms with Gasteiger partial charge < -0.3 is 18.9 Å². The minimum atomic E-state index is -4.38. The molecule has 0 fully saturated rings. The molecular formula is C42H79NO8P+. The Bertz CT molecular complexity index is 991. The third kappa shape index (κ3) is 38.0. The van der Waals surface area contributed by atoms with Gasteiger partial charge in [-0.3, -0.25) is 18.6 Å². The molecule has 0 spiro atoms. The highest BCUT2D eigenvalue weighted by Crippen LogP contribution is 2.43. The van der Waals surface area contributed by atoms with Crippen LogP contribution in [0.2, 0.25) is 0 Å². The van der Waals surface area contributed by atoms with Gasteiger partial charge in [0, 0.05) is 12.8 Å². The van der Waals surface area contributed by atoms with Crippen molar-refractivity contribution >= 4 is 19.8 Å². The summed E-state index contributed by atoms with van der Waals surface area (Å²) in [5.74, 6) is -0.857. The number of rotatable bonds is 37. The first-order valence-electron chi connectivity index (χ1n) is 20.7. The van der Waals surface area contributed by atoms with E-state index in [4.69, 9.17) is 18.5 Å². The summed E-state index contributed by atoms with van der Waals surface area (Å²) in [5.41, 5.74) is 0. The Morgan fingerprint density at radius 3 is 1.58 bits per heavy atom. The maximum atomic E-state index is 12.6. The molecule has 0 aromatic rings. The van der Waals surface area contributed by atoms with Gasteiger partial charge in [-0.15, -0.1) is 0 Å². The molecule has 10 heteroatoms. The van der Waals surface area contributed by atoms with Crippen LogP contribution < -0.4 is 0 Å². The average Bonchev–Trinajstić information content (AvgIpc) is 3.09. The lowest BCUT2D eigenvalue weighted by Gasteiger charge is -2.24. The Balaban J connectivity index is 4.48. The lowest BCUT2D eigenvalue weighted by Crippen LogP contribution is -2.37. The summed E-state index contributed by atoms with van der Waals surface area (Å²) in [5, 5.41) is 0. The molecule has 0 amide bonds. The number of phosphoric acid groups is 1. The minimum Gasteiger partial charge on any atom is -0.462 e. The zero-order valence-electron chi connectivity index (χ0n) is 34.0. The highest BCUT2D eigenvalue weighted by atomic mass is 31.2. The van der Waals surface area contributed by atoms with Crippen LogP contribution in [0.4, 0.5) is 0 Å². The maximum absolute atomic E-state index is 12.6. The Labute approximate surface area is 319 Å². The summed E-state index contributed by atoms with van der Waals surface area (Å²) in [6.45, 7) is 4.34. The van der Waals surface area contributed by atoms with Gasteiger partial charge in [0.15, 0.2) is 6.10 Å². The fraction of sp³-hybridized carbons (Fsp3) is 0.810. The van der Waals surface area contributed by atoms with Crippen LogP contribution in [0.25, 0.3) is 0 Å². The molecule has 0 aromatic heterocycles. The molecule has 1 unspecified atom stereocenters. The first-order chi connectivity index (χ1) is 25.0. The topological polar surface area (TPSA) is 108 Å². The number of quaternary nitrogens is 1. The summed E-state index contributed by atoms with van der Waals surface area (Å²) in [7, 11) is 1.45. The Morgan fingerprint density at radius 2 is 1.04 bits per heavy atom. The van der Waals surface area contributed by atoms with E-state index < -0.39 is 32.5 Å². The number of esters is 2. The quantitative estimate of drug-likeness (QED) is 0.0219. The van der Waals surface area contributed by atoms with Crippen molar-refractivity contribution in [1.82, 2.24) is 0 Å². The van der Waals surface area contributed by atoms with E-state index in [0.717, 1.165) is 51.4 Å². The number of unbranched alkanes of at least 4 members (excludes halogenated alkanes) is 17. The van der Waals surface area contributed by atoms with Crippen molar-refractivity contribution in [3.05, 3.63) is 36.5 Å². The molecule has 0 radical (unpaired) electrons. The van der Waals surface area contributed by atoms with Crippen LogP contribution in [-0.4, -0.2) is 74.9 Å². The van der Waals surface area contributed by atoms with Gasteiger partial charge >= 0.3 is 19.8 Å². The molecule has 0 saturated heterocycles. The van der Waals surface area contributed by atoms with Gasteiger partial charge in [0.25, 0.3) is 0 Å². The van der Waals surface area contributed by atoms with E-state index in [0.29, 0.717) is 23.9 Å². The van der Waals surface area contributed by atoms with Crippen molar-refractivity contribution in [1.29, 1.82) is 0 Å². The van der Waals surface area contributed by atoms with Crippen molar-refractivity contribution in [3.63, 3.8) is 0 Å². The Kier molecular flexibility index (Phi) is 33.8. The second-order valence-corrected chi connectivity index (χ2v) is 16.5. The first-order valence-corrected chi connectivity index (χ1v) is 22.2. The standard InChI is InChI=1S/C42H78NO8P/c1-6-8-10-12-14-16-18-20-21-23-24-26-28-30-32-34-41(44)48-38-40(39-50-52(46,47)49-37-36-43(3,4)5)51-42(45)35-33-31-29-27-25-22-19-17-15-13-11-9-7-2/h20-22,24-26,40H,6-19,23,27-39H2,1-5H3/p+1/b21-20+,25-22+,26-24+/t40-/m1/s1. The molecular weight excluding hydrogens is 677 g/mol. The molecule has 0 heterocycles. The number of hydrogen-bond acceptors (Lipinski definition) is 7. The van der Waals surface area contributed by atoms with E-state index in [2.05, 4.69) is 50.3 Å². The summed E-state index contributed by atoms with van der Waals surface area (Å²) < 4.78 is 34.2. The van der Waals surface area contributed by atoms with Gasteiger partial charge in [0.2, 0.25) is 0 Å². The molecule has 304 valence electrons. The third-order valence-corrected chi connectivity index (χ3v) is 9.63. The number of nitrogens with zero attached hydrogens (tertiary/aromatic N) is 1. The smallest absolute Gasteiger partial charge is 0.462 e. The van der Waals surface area contributed by atoms with Crippen molar-refractivity contribution in [3.8, 4) is 0 Å². The lowest BCUT2D eigenvalue weighted by molar-refractivity contribution is -0.870. The fourth-order valence-electron chi connectivity index (χ4n) is 5.33. The van der Waals surface area contributed by atoms with Gasteiger partial charge in [-0.05, 0) is 70.6 Å². The molecule has 0 saturated carbocycles. The average molecular weight is 757 g/mol. The second kappa shape index (κ2) is 35.0. The van der Waals surface area contributed by atoms with Gasteiger partial charge in [-0.1, -0.05) is 121 Å². The van der Waals surface area contributed by atoms with E-state index in [9.17, 15) is 19.0 Å². The Hall–Kier alpha value is -1.77. The predicted molar refractivity (Wildman–Crippen MR) is 215 cm³/mol. The van der Waals surface area contributed by atoms with Gasteiger partial charge in [0.05, 0.1) is 27.7 Å². The number of hydrogen-bond donors (Lipinski definition) is 1. The Morgan fingerprint density at radius 1 is 0.596 bits per heavy atom. The predicted octanol–water partition coefficient (Wildman–Crippen LogP) is 11.4. The van der Waals surface area contributed by atoms with Gasteiger partial charge in [-0.25, -0.2) is 4.57 Å². The van der Waals surface area contributed by atoms with Crippen molar-refractivity contribution in [2.24, 2.45) is 0 Å². The molecule has 0 aliphatic rings. The van der Waals surface area contributed by atoms with Crippen LogP contribution in [0.15, 0.2) is 36.5 Å². The second-order valence-electron chi connectivity index (χ2n) is 15.0. The summed E-state index contributed by atoms with van der Waals surface area (Å²) >= 11 is 0. The van der Waals surface area contributed by atoms with E-state index in [-0.39, 0.29) is 26.1 Å². The number of carbonyl (C=O) groups excluding carboxylic acids is 2. The number of carbonyl (C=O) groups is 2. The van der Waals surface area contributed by atoms with E-state index in [1.807, 2.05) is 21.1 Å². The third-order valence-electron chi connectivity index (χ3n) is 8.64. The van der Waals surface area contributed by atoms with Gasteiger partial charge in [0.1, 0.15) is 19.8 Å². The fourth-order valence-corrected chi connectivity index (χ4v) is 6.07. The van der Waals surface area contributed by atoms with Crippen LogP contribution in [0.3, 0.4) is 0 Å². The number of phosphoric ester groups is 1. The largest absolute Gasteiger partial charge is 0.472 e. The summed E-state index contributed by atoms with van der Waals surface area (Å²) in [6, 6.07) is 0. The normalized spacial score (nSPS) is 14.0. The molecule has 9 nitrogen and oxygen atoms in total. The van der Waals surface area contributed by atoms with E-state index in [1.165, 1.54) is 77.0 Å². The van der Waals surface area contributed by atoms with Crippen LogP contribution in [0, 0.1) is 0 Å². The summed E-state index contributed by atoms with van der Waals surface area (Å²) in [6.07, 6.45) is 37.7. The highest BCUT2D eigenvalue weighted by molar-refractivity contribution is 7.47. The van der Waals surface area contributed by atoms with Crippen molar-refractivity contribution in [2.45, 2.75) is 174 Å². The molecule has 0 aromatic carbocycles. The first kappa shape index (κ1) is 50.2. The van der Waals surface area contributed by atoms with Crippen LogP contribution in [0.5, 0.6) is 0 Å². The van der Waals surface area contributed by atoms with Crippen LogP contribution in [0.1, 0.15) is 168 Å². The molecule has 0 rings (SSSR count). The van der Waals surface area contributed by atoms with Crippen LogP contribution >= 0.6 is 7.82 Å². The minimum absolute atomic E-state index is 0.0239. The van der Waals surface area contributed by atoms with E-state index in [1.54, 1.807) is 0 Å². The van der Waals surface area contributed by atoms with Crippen LogP contribution in [-0.2, 0) is 32.7 Å². The molecule has 0 bridgehead atoms. The van der Waals surface area contributed by atoms with Gasteiger partial charge in [-0.2, -0.15) is 0 Å². The molecule has 0 aliphatic carbocycles. The van der Waals surface area contributed by atoms with E-state index >= 15 is 0 Å². The molecule has 0 aliphatic heterocycles. The molecule has 2 atom stereocenters. The zero-order chi connectivity index (χ0) is 38.6.